The maximum absolute atomic E-state index is 13.0. The van der Waals surface area contributed by atoms with Gasteiger partial charge in [0.2, 0.25) is 10.0 Å². The van der Waals surface area contributed by atoms with Crippen molar-refractivity contribution in [2.24, 2.45) is 0 Å². The average molecular weight is 457 g/mol. The van der Waals surface area contributed by atoms with Crippen LogP contribution in [0.4, 0.5) is 18.9 Å². The zero-order chi connectivity index (χ0) is 22.8. The number of carbonyl (C=O) groups excluding carboxylic acids is 1. The smallest absolute Gasteiger partial charge is 0.416 e. The Bertz CT molecular complexity index is 1070. The quantitative estimate of drug-likeness (QED) is 0.747. The average Bonchev–Trinajstić information content (AvgIpc) is 2.73. The standard InChI is InChI=1S/C20H22F3N3O4S/c1-25-8-10-26(11-9-25)31(28,29)16-6-7-18(30-2)17(13-16)24-19(27)14-4-3-5-15(12-14)20(21,22)23/h3-7,12-13H,8-11H2,1-2H3,(H,24,27). The molecular weight excluding hydrogens is 435 g/mol. The number of anilines is 1. The van der Waals surface area contributed by atoms with Crippen LogP contribution < -0.4 is 10.1 Å². The van der Waals surface area contributed by atoms with Gasteiger partial charge in [-0.2, -0.15) is 17.5 Å². The molecule has 1 amide bonds. The van der Waals surface area contributed by atoms with Crippen LogP contribution in [0, 0.1) is 0 Å². The molecule has 11 heteroatoms. The molecule has 1 aliphatic rings. The second kappa shape index (κ2) is 8.85. The fourth-order valence-electron chi connectivity index (χ4n) is 3.15. The van der Waals surface area contributed by atoms with Crippen molar-refractivity contribution < 1.29 is 31.1 Å². The van der Waals surface area contributed by atoms with Crippen molar-refractivity contribution in [3.05, 3.63) is 53.6 Å². The van der Waals surface area contributed by atoms with Crippen LogP contribution in [-0.2, 0) is 16.2 Å². The number of benzene rings is 2. The number of piperazine rings is 1. The molecule has 0 aliphatic carbocycles. The number of alkyl halides is 3. The van der Waals surface area contributed by atoms with Gasteiger partial charge in [-0.25, -0.2) is 8.42 Å². The van der Waals surface area contributed by atoms with Gasteiger partial charge in [0.05, 0.1) is 23.3 Å². The van der Waals surface area contributed by atoms with E-state index in [-0.39, 0.29) is 21.9 Å². The van der Waals surface area contributed by atoms with Crippen LogP contribution in [-0.4, -0.2) is 63.9 Å². The fourth-order valence-corrected chi connectivity index (χ4v) is 4.60. The Labute approximate surface area is 178 Å². The third-order valence-corrected chi connectivity index (χ3v) is 6.87. The Balaban J connectivity index is 1.89. The van der Waals surface area contributed by atoms with E-state index in [4.69, 9.17) is 4.74 Å². The first-order valence-corrected chi connectivity index (χ1v) is 10.8. The van der Waals surface area contributed by atoms with Crippen molar-refractivity contribution in [1.29, 1.82) is 0 Å². The van der Waals surface area contributed by atoms with E-state index in [0.717, 1.165) is 18.2 Å². The number of ether oxygens (including phenoxy) is 1. The van der Waals surface area contributed by atoms with Crippen molar-refractivity contribution in [2.75, 3.05) is 45.7 Å². The van der Waals surface area contributed by atoms with Crippen molar-refractivity contribution in [3.8, 4) is 5.75 Å². The van der Waals surface area contributed by atoms with E-state index in [0.29, 0.717) is 26.2 Å². The molecule has 1 N–H and O–H groups in total. The Morgan fingerprint density at radius 2 is 1.74 bits per heavy atom. The number of methoxy groups -OCH3 is 1. The number of sulfonamides is 1. The molecular formula is C20H22F3N3O4S. The highest BCUT2D eigenvalue weighted by atomic mass is 32.2. The summed E-state index contributed by atoms with van der Waals surface area (Å²) in [6.45, 7) is 1.84. The second-order valence-corrected chi connectivity index (χ2v) is 9.04. The molecule has 0 unspecified atom stereocenters. The minimum absolute atomic E-state index is 0.0418. The summed E-state index contributed by atoms with van der Waals surface area (Å²) in [5, 5.41) is 2.46. The van der Waals surface area contributed by atoms with Crippen LogP contribution in [0.5, 0.6) is 5.75 Å². The zero-order valence-corrected chi connectivity index (χ0v) is 17.8. The van der Waals surface area contributed by atoms with Gasteiger partial charge < -0.3 is 15.0 Å². The Kier molecular flexibility index (Phi) is 6.58. The van der Waals surface area contributed by atoms with Gasteiger partial charge in [-0.15, -0.1) is 0 Å². The highest BCUT2D eigenvalue weighted by Gasteiger charge is 2.31. The topological polar surface area (TPSA) is 79.0 Å². The largest absolute Gasteiger partial charge is 0.495 e. The number of amides is 1. The molecule has 2 aromatic rings. The third-order valence-electron chi connectivity index (χ3n) is 4.97. The van der Waals surface area contributed by atoms with E-state index in [9.17, 15) is 26.4 Å². The molecule has 0 aromatic heterocycles. The van der Waals surface area contributed by atoms with Gasteiger partial charge in [0, 0.05) is 31.7 Å². The first-order valence-electron chi connectivity index (χ1n) is 9.38. The number of carbonyl (C=O) groups is 1. The van der Waals surface area contributed by atoms with E-state index in [1.807, 2.05) is 11.9 Å². The molecule has 7 nitrogen and oxygen atoms in total. The lowest BCUT2D eigenvalue weighted by Gasteiger charge is -2.31. The third kappa shape index (κ3) is 5.17. The van der Waals surface area contributed by atoms with Gasteiger partial charge in [-0.1, -0.05) is 6.07 Å². The van der Waals surface area contributed by atoms with E-state index >= 15 is 0 Å². The number of halogens is 3. The van der Waals surface area contributed by atoms with Gasteiger partial charge in [0.1, 0.15) is 5.75 Å². The van der Waals surface area contributed by atoms with Crippen molar-refractivity contribution >= 4 is 21.6 Å². The number of nitrogens with zero attached hydrogens (tertiary/aromatic N) is 2. The molecule has 0 atom stereocenters. The number of nitrogens with one attached hydrogen (secondary N) is 1. The second-order valence-electron chi connectivity index (χ2n) is 7.10. The highest BCUT2D eigenvalue weighted by Crippen LogP contribution is 2.31. The first-order chi connectivity index (χ1) is 14.5. The summed E-state index contributed by atoms with van der Waals surface area (Å²) in [6, 6.07) is 7.97. The van der Waals surface area contributed by atoms with Crippen LogP contribution in [0.1, 0.15) is 15.9 Å². The van der Waals surface area contributed by atoms with Gasteiger partial charge in [-0.3, -0.25) is 4.79 Å². The Morgan fingerprint density at radius 3 is 2.35 bits per heavy atom. The van der Waals surface area contributed by atoms with E-state index < -0.39 is 27.7 Å². The normalized spacial score (nSPS) is 16.2. The summed E-state index contributed by atoms with van der Waals surface area (Å²) in [5.41, 5.74) is -1.14. The summed E-state index contributed by atoms with van der Waals surface area (Å²) in [5.74, 6) is -0.642. The molecule has 1 heterocycles. The lowest BCUT2D eigenvalue weighted by atomic mass is 10.1. The molecule has 0 saturated carbocycles. The number of hydrogen-bond donors (Lipinski definition) is 1. The molecule has 1 aliphatic heterocycles. The van der Waals surface area contributed by atoms with Crippen molar-refractivity contribution in [2.45, 2.75) is 11.1 Å². The van der Waals surface area contributed by atoms with Crippen LogP contribution in [0.25, 0.3) is 0 Å². The van der Waals surface area contributed by atoms with E-state index in [2.05, 4.69) is 5.32 Å². The first kappa shape index (κ1) is 23.0. The maximum atomic E-state index is 13.0. The van der Waals surface area contributed by atoms with Crippen LogP contribution in [0.15, 0.2) is 47.4 Å². The molecule has 0 spiro atoms. The summed E-state index contributed by atoms with van der Waals surface area (Å²) in [7, 11) is -0.570. The lowest BCUT2D eigenvalue weighted by molar-refractivity contribution is -0.137. The summed E-state index contributed by atoms with van der Waals surface area (Å²) in [6.07, 6.45) is -4.59. The number of likely N-dealkylation sites (N-methyl/N-ethyl adjacent to an activating group) is 1. The SMILES string of the molecule is COc1ccc(S(=O)(=O)N2CCN(C)CC2)cc1NC(=O)c1cccc(C(F)(F)F)c1. The predicted molar refractivity (Wildman–Crippen MR) is 109 cm³/mol. The Hall–Kier alpha value is -2.63. The monoisotopic (exact) mass is 457 g/mol. The van der Waals surface area contributed by atoms with Gasteiger partial charge in [0.15, 0.2) is 0 Å². The van der Waals surface area contributed by atoms with Crippen molar-refractivity contribution in [1.82, 2.24) is 9.21 Å². The van der Waals surface area contributed by atoms with Gasteiger partial charge >= 0.3 is 6.18 Å². The summed E-state index contributed by atoms with van der Waals surface area (Å²) < 4.78 is 71.3. The van der Waals surface area contributed by atoms with Gasteiger partial charge in [0.25, 0.3) is 5.91 Å². The molecule has 1 saturated heterocycles. The number of rotatable bonds is 5. The van der Waals surface area contributed by atoms with E-state index in [1.165, 1.54) is 35.7 Å². The van der Waals surface area contributed by atoms with Gasteiger partial charge in [-0.05, 0) is 43.4 Å². The molecule has 168 valence electrons. The number of hydrogen-bond acceptors (Lipinski definition) is 5. The minimum Gasteiger partial charge on any atom is -0.495 e. The minimum atomic E-state index is -4.59. The zero-order valence-electron chi connectivity index (χ0n) is 16.9. The summed E-state index contributed by atoms with van der Waals surface area (Å²) in [4.78, 5) is 14.5. The van der Waals surface area contributed by atoms with Crippen molar-refractivity contribution in [3.63, 3.8) is 0 Å². The van der Waals surface area contributed by atoms with Crippen LogP contribution >= 0.6 is 0 Å². The molecule has 0 bridgehead atoms. The molecule has 1 fully saturated rings. The highest BCUT2D eigenvalue weighted by molar-refractivity contribution is 7.89. The lowest BCUT2D eigenvalue weighted by Crippen LogP contribution is -2.47. The van der Waals surface area contributed by atoms with Crippen LogP contribution in [0.3, 0.4) is 0 Å². The maximum Gasteiger partial charge on any atom is 0.416 e. The molecule has 3 rings (SSSR count). The summed E-state index contributed by atoms with van der Waals surface area (Å²) >= 11 is 0. The van der Waals surface area contributed by atoms with E-state index in [1.54, 1.807) is 0 Å². The predicted octanol–water partition coefficient (Wildman–Crippen LogP) is 2.90. The molecule has 31 heavy (non-hydrogen) atoms. The molecule has 2 aromatic carbocycles. The fraction of sp³-hybridized carbons (Fsp3) is 0.350. The Morgan fingerprint density at radius 1 is 1.06 bits per heavy atom. The molecule has 0 radical (unpaired) electrons. The van der Waals surface area contributed by atoms with Crippen LogP contribution in [0.2, 0.25) is 0 Å².